The maximum absolute atomic E-state index is 12.5. The Kier molecular flexibility index (Phi) is 4.37. The van der Waals surface area contributed by atoms with E-state index in [1.165, 1.54) is 16.4 Å². The fourth-order valence-electron chi connectivity index (χ4n) is 2.85. The summed E-state index contributed by atoms with van der Waals surface area (Å²) in [6.07, 6.45) is 4.16. The maximum atomic E-state index is 12.5. The van der Waals surface area contributed by atoms with Crippen molar-refractivity contribution >= 4 is 28.4 Å². The summed E-state index contributed by atoms with van der Waals surface area (Å²) >= 11 is 6.18. The molecular weight excluding hydrogens is 352 g/mol. The van der Waals surface area contributed by atoms with E-state index in [9.17, 15) is 4.79 Å². The van der Waals surface area contributed by atoms with Gasteiger partial charge >= 0.3 is 0 Å². The second-order valence-electron chi connectivity index (χ2n) is 5.78. The van der Waals surface area contributed by atoms with E-state index in [0.717, 1.165) is 17.5 Å². The van der Waals surface area contributed by atoms with Crippen LogP contribution < -0.4 is 5.32 Å². The number of aromatic nitrogens is 5. The number of carbonyl (C=O) groups is 1. The van der Waals surface area contributed by atoms with Gasteiger partial charge in [-0.15, -0.1) is 5.10 Å². The van der Waals surface area contributed by atoms with Gasteiger partial charge in [-0.3, -0.25) is 4.79 Å². The molecular formula is C18H15ClN6O. The highest BCUT2D eigenvalue weighted by Crippen LogP contribution is 2.20. The summed E-state index contributed by atoms with van der Waals surface area (Å²) < 4.78 is 1.47. The number of carbonyl (C=O) groups excluding carboxylic acids is 1. The highest BCUT2D eigenvalue weighted by Gasteiger charge is 2.12. The van der Waals surface area contributed by atoms with Crippen LogP contribution in [0, 0.1) is 0 Å². The highest BCUT2D eigenvalue weighted by molar-refractivity contribution is 6.33. The zero-order valence-corrected chi connectivity index (χ0v) is 14.4. The molecule has 0 saturated heterocycles. The summed E-state index contributed by atoms with van der Waals surface area (Å²) in [5.41, 5.74) is 3.31. The van der Waals surface area contributed by atoms with Crippen molar-refractivity contribution in [3.05, 3.63) is 71.1 Å². The number of hydrogen-bond donors (Lipinski definition) is 2. The molecule has 0 fully saturated rings. The van der Waals surface area contributed by atoms with Crippen LogP contribution in [0.2, 0.25) is 5.02 Å². The predicted octanol–water partition coefficient (Wildman–Crippen LogP) is 2.77. The first-order valence-electron chi connectivity index (χ1n) is 8.08. The fourth-order valence-corrected chi connectivity index (χ4v) is 3.06. The molecule has 0 bridgehead atoms. The molecule has 8 heteroatoms. The zero-order valence-electron chi connectivity index (χ0n) is 13.7. The van der Waals surface area contributed by atoms with E-state index in [-0.39, 0.29) is 5.91 Å². The van der Waals surface area contributed by atoms with Crippen molar-refractivity contribution in [2.75, 3.05) is 6.54 Å². The number of nitrogens with zero attached hydrogens (tertiary/aromatic N) is 4. The van der Waals surface area contributed by atoms with E-state index >= 15 is 0 Å². The third-order valence-corrected chi connectivity index (χ3v) is 4.49. The van der Waals surface area contributed by atoms with E-state index in [2.05, 4.69) is 31.9 Å². The minimum absolute atomic E-state index is 0.232. The number of aromatic amines is 1. The maximum Gasteiger partial charge on any atom is 0.252 e. The Morgan fingerprint density at radius 2 is 2.12 bits per heavy atom. The molecule has 1 amide bonds. The van der Waals surface area contributed by atoms with E-state index in [0.29, 0.717) is 22.8 Å². The van der Waals surface area contributed by atoms with Gasteiger partial charge in [0.2, 0.25) is 0 Å². The minimum Gasteiger partial charge on any atom is -0.361 e. The minimum atomic E-state index is -0.232. The number of halogens is 1. The van der Waals surface area contributed by atoms with Crippen molar-refractivity contribution in [1.82, 2.24) is 30.5 Å². The van der Waals surface area contributed by atoms with Gasteiger partial charge in [-0.05, 0) is 46.7 Å². The smallest absolute Gasteiger partial charge is 0.252 e. The summed E-state index contributed by atoms with van der Waals surface area (Å²) in [5, 5.41) is 15.5. The Morgan fingerprint density at radius 3 is 2.96 bits per heavy atom. The molecule has 130 valence electrons. The average Bonchev–Trinajstić information content (AvgIpc) is 3.32. The van der Waals surface area contributed by atoms with Crippen LogP contribution in [-0.4, -0.2) is 37.6 Å². The number of nitrogens with one attached hydrogen (secondary N) is 2. The second kappa shape index (κ2) is 6.97. The first kappa shape index (κ1) is 16.3. The van der Waals surface area contributed by atoms with Crippen LogP contribution in [0.3, 0.4) is 0 Å². The van der Waals surface area contributed by atoms with Crippen molar-refractivity contribution in [3.63, 3.8) is 0 Å². The molecule has 0 aliphatic heterocycles. The van der Waals surface area contributed by atoms with E-state index < -0.39 is 0 Å². The Hall–Kier alpha value is -3.19. The molecule has 0 atom stereocenters. The lowest BCUT2D eigenvalue weighted by molar-refractivity contribution is 0.0954. The molecule has 2 heterocycles. The van der Waals surface area contributed by atoms with Crippen LogP contribution in [0.15, 0.2) is 55.0 Å². The van der Waals surface area contributed by atoms with Gasteiger partial charge in [-0.2, -0.15) is 0 Å². The number of para-hydroxylation sites is 1. The third-order valence-electron chi connectivity index (χ3n) is 4.16. The van der Waals surface area contributed by atoms with Gasteiger partial charge in [0, 0.05) is 23.6 Å². The van der Waals surface area contributed by atoms with Crippen molar-refractivity contribution in [3.8, 4) is 5.69 Å². The molecule has 0 aliphatic carbocycles. The Bertz CT molecular complexity index is 1060. The number of tetrazole rings is 1. The lowest BCUT2D eigenvalue weighted by atomic mass is 10.1. The van der Waals surface area contributed by atoms with Crippen LogP contribution in [-0.2, 0) is 6.42 Å². The molecule has 4 rings (SSSR count). The summed E-state index contributed by atoms with van der Waals surface area (Å²) in [5.74, 6) is -0.232. The van der Waals surface area contributed by atoms with Crippen molar-refractivity contribution < 1.29 is 4.79 Å². The molecule has 26 heavy (non-hydrogen) atoms. The number of fused-ring (bicyclic) bond motifs is 1. The van der Waals surface area contributed by atoms with Crippen LogP contribution in [0.25, 0.3) is 16.6 Å². The molecule has 2 aromatic carbocycles. The van der Waals surface area contributed by atoms with Gasteiger partial charge < -0.3 is 10.3 Å². The number of hydrogen-bond acceptors (Lipinski definition) is 4. The van der Waals surface area contributed by atoms with Gasteiger partial charge in [0.1, 0.15) is 6.33 Å². The van der Waals surface area contributed by atoms with Crippen molar-refractivity contribution in [1.29, 1.82) is 0 Å². The summed E-state index contributed by atoms with van der Waals surface area (Å²) in [7, 11) is 0. The van der Waals surface area contributed by atoms with E-state index in [4.69, 9.17) is 11.6 Å². The van der Waals surface area contributed by atoms with E-state index in [1.54, 1.807) is 18.2 Å². The van der Waals surface area contributed by atoms with Gasteiger partial charge in [0.25, 0.3) is 5.91 Å². The van der Waals surface area contributed by atoms with Crippen molar-refractivity contribution in [2.45, 2.75) is 6.42 Å². The van der Waals surface area contributed by atoms with Gasteiger partial charge in [0.05, 0.1) is 16.3 Å². The summed E-state index contributed by atoms with van der Waals surface area (Å²) in [6.45, 7) is 0.506. The quantitative estimate of drug-likeness (QED) is 0.568. The molecule has 0 unspecified atom stereocenters. The molecule has 7 nitrogen and oxygen atoms in total. The van der Waals surface area contributed by atoms with E-state index in [1.807, 2.05) is 24.4 Å². The van der Waals surface area contributed by atoms with Crippen LogP contribution in [0.1, 0.15) is 15.9 Å². The first-order valence-corrected chi connectivity index (χ1v) is 8.46. The first-order chi connectivity index (χ1) is 12.7. The van der Waals surface area contributed by atoms with Crippen molar-refractivity contribution in [2.24, 2.45) is 0 Å². The number of rotatable bonds is 5. The topological polar surface area (TPSA) is 88.5 Å². The molecule has 2 aromatic heterocycles. The second-order valence-corrected chi connectivity index (χ2v) is 6.19. The van der Waals surface area contributed by atoms with Crippen LogP contribution >= 0.6 is 11.6 Å². The lowest BCUT2D eigenvalue weighted by Crippen LogP contribution is -2.26. The highest BCUT2D eigenvalue weighted by atomic mass is 35.5. The zero-order chi connectivity index (χ0) is 17.9. The summed E-state index contributed by atoms with van der Waals surface area (Å²) in [6, 6.07) is 13.2. The average molecular weight is 367 g/mol. The molecule has 0 radical (unpaired) electrons. The fraction of sp³-hybridized carbons (Fsp3) is 0.111. The predicted molar refractivity (Wildman–Crippen MR) is 98.5 cm³/mol. The van der Waals surface area contributed by atoms with Gasteiger partial charge in [-0.25, -0.2) is 4.68 Å². The van der Waals surface area contributed by atoms with Crippen LogP contribution in [0.5, 0.6) is 0 Å². The normalized spacial score (nSPS) is 11.0. The Balaban J connectivity index is 1.46. The Labute approximate surface area is 154 Å². The SMILES string of the molecule is O=C(NCCc1c[nH]c2ccccc12)c1cc(-n2cnnn2)ccc1Cl. The third kappa shape index (κ3) is 3.16. The largest absolute Gasteiger partial charge is 0.361 e. The molecule has 0 spiro atoms. The number of amides is 1. The Morgan fingerprint density at radius 1 is 1.23 bits per heavy atom. The lowest BCUT2D eigenvalue weighted by Gasteiger charge is -2.08. The van der Waals surface area contributed by atoms with Gasteiger partial charge in [0.15, 0.2) is 0 Å². The summed E-state index contributed by atoms with van der Waals surface area (Å²) in [4.78, 5) is 15.7. The van der Waals surface area contributed by atoms with Gasteiger partial charge in [-0.1, -0.05) is 29.8 Å². The molecule has 0 aliphatic rings. The monoisotopic (exact) mass is 366 g/mol. The molecule has 0 saturated carbocycles. The van der Waals surface area contributed by atoms with Crippen LogP contribution in [0.4, 0.5) is 0 Å². The molecule has 4 aromatic rings. The molecule has 2 N–H and O–H groups in total. The standard InChI is InChI=1S/C18H15ClN6O/c19-16-6-5-13(25-11-22-23-24-25)9-15(16)18(26)20-8-7-12-10-21-17-4-2-1-3-14(12)17/h1-6,9-11,21H,7-8H2,(H,20,26). The number of H-pyrrole nitrogens is 1. The number of benzene rings is 2.